The zero-order valence-corrected chi connectivity index (χ0v) is 12.6. The standard InChI is InChI=1S/C13H16N6OS/c1-9-12(21-18-17-9)13(20)16-10-7-11(15-8-14-10)19-5-3-2-4-6-19/h7-8H,2-6H2,1H3,(H,14,15,16,20). The molecule has 0 aliphatic carbocycles. The van der Waals surface area contributed by atoms with Gasteiger partial charge < -0.3 is 10.2 Å². The van der Waals surface area contributed by atoms with Crippen LogP contribution in [0.1, 0.15) is 34.6 Å². The lowest BCUT2D eigenvalue weighted by atomic mass is 10.1. The number of carbonyl (C=O) groups excluding carboxylic acids is 1. The van der Waals surface area contributed by atoms with E-state index in [9.17, 15) is 4.79 Å². The van der Waals surface area contributed by atoms with Crippen molar-refractivity contribution in [2.75, 3.05) is 23.3 Å². The second-order valence-corrected chi connectivity index (χ2v) is 5.70. The molecule has 0 bridgehead atoms. The minimum absolute atomic E-state index is 0.231. The zero-order chi connectivity index (χ0) is 14.7. The number of aryl methyl sites for hydroxylation is 1. The van der Waals surface area contributed by atoms with Gasteiger partial charge in [-0.2, -0.15) is 0 Å². The fourth-order valence-corrected chi connectivity index (χ4v) is 2.88. The van der Waals surface area contributed by atoms with E-state index in [2.05, 4.69) is 29.8 Å². The van der Waals surface area contributed by atoms with Gasteiger partial charge in [0.05, 0.1) is 5.69 Å². The van der Waals surface area contributed by atoms with E-state index in [1.165, 1.54) is 25.6 Å². The smallest absolute Gasteiger partial charge is 0.270 e. The number of hydrogen-bond acceptors (Lipinski definition) is 7. The summed E-state index contributed by atoms with van der Waals surface area (Å²) in [4.78, 5) is 23.3. The molecule has 0 atom stereocenters. The minimum atomic E-state index is -0.231. The Morgan fingerprint density at radius 3 is 2.81 bits per heavy atom. The van der Waals surface area contributed by atoms with Crippen molar-refractivity contribution in [3.05, 3.63) is 23.0 Å². The second-order valence-electron chi connectivity index (χ2n) is 4.95. The Bertz CT molecular complexity index is 637. The van der Waals surface area contributed by atoms with Crippen molar-refractivity contribution in [1.82, 2.24) is 19.6 Å². The lowest BCUT2D eigenvalue weighted by molar-refractivity contribution is 0.102. The van der Waals surface area contributed by atoms with Crippen LogP contribution < -0.4 is 10.2 Å². The Kier molecular flexibility index (Phi) is 4.05. The number of aromatic nitrogens is 4. The molecule has 1 aliphatic heterocycles. The lowest BCUT2D eigenvalue weighted by Crippen LogP contribution is -2.30. The maximum atomic E-state index is 12.1. The van der Waals surface area contributed by atoms with Crippen molar-refractivity contribution in [2.45, 2.75) is 26.2 Å². The molecule has 1 fully saturated rings. The summed E-state index contributed by atoms with van der Waals surface area (Å²) in [6, 6.07) is 1.81. The molecular formula is C13H16N6OS. The van der Waals surface area contributed by atoms with Crippen LogP contribution >= 0.6 is 11.5 Å². The van der Waals surface area contributed by atoms with Crippen molar-refractivity contribution in [1.29, 1.82) is 0 Å². The number of piperidine rings is 1. The number of anilines is 2. The van der Waals surface area contributed by atoms with Gasteiger partial charge in [0.2, 0.25) is 0 Å². The lowest BCUT2D eigenvalue weighted by Gasteiger charge is -2.27. The van der Waals surface area contributed by atoms with Crippen LogP contribution in [0, 0.1) is 6.92 Å². The first-order chi connectivity index (χ1) is 10.2. The number of rotatable bonds is 3. The van der Waals surface area contributed by atoms with Crippen molar-refractivity contribution in [3.63, 3.8) is 0 Å². The molecule has 1 saturated heterocycles. The van der Waals surface area contributed by atoms with E-state index in [1.807, 2.05) is 6.07 Å². The van der Waals surface area contributed by atoms with Crippen LogP contribution in [0.2, 0.25) is 0 Å². The topological polar surface area (TPSA) is 83.9 Å². The summed E-state index contributed by atoms with van der Waals surface area (Å²) in [5.74, 6) is 1.13. The summed E-state index contributed by atoms with van der Waals surface area (Å²) >= 11 is 1.08. The maximum absolute atomic E-state index is 12.1. The fraction of sp³-hybridized carbons (Fsp3) is 0.462. The molecular weight excluding hydrogens is 288 g/mol. The van der Waals surface area contributed by atoms with Crippen molar-refractivity contribution >= 4 is 29.1 Å². The first-order valence-corrected chi connectivity index (χ1v) is 7.68. The van der Waals surface area contributed by atoms with Gasteiger partial charge in [-0.05, 0) is 37.7 Å². The number of nitrogens with zero attached hydrogens (tertiary/aromatic N) is 5. The molecule has 1 aliphatic rings. The molecule has 7 nitrogen and oxygen atoms in total. The SMILES string of the molecule is Cc1nnsc1C(=O)Nc1cc(N2CCCCC2)ncn1. The number of carbonyl (C=O) groups is 1. The molecule has 110 valence electrons. The monoisotopic (exact) mass is 304 g/mol. The Labute approximate surface area is 126 Å². The highest BCUT2D eigenvalue weighted by Crippen LogP contribution is 2.20. The molecule has 1 amide bonds. The zero-order valence-electron chi connectivity index (χ0n) is 11.7. The third-order valence-corrected chi connectivity index (χ3v) is 4.26. The van der Waals surface area contributed by atoms with Crippen LogP contribution in [0.25, 0.3) is 0 Å². The van der Waals surface area contributed by atoms with Crippen molar-refractivity contribution in [3.8, 4) is 0 Å². The average molecular weight is 304 g/mol. The average Bonchev–Trinajstić information content (AvgIpc) is 2.95. The van der Waals surface area contributed by atoms with Gasteiger partial charge in [-0.1, -0.05) is 4.49 Å². The first-order valence-electron chi connectivity index (χ1n) is 6.91. The maximum Gasteiger partial charge on any atom is 0.270 e. The summed E-state index contributed by atoms with van der Waals surface area (Å²) in [6.07, 6.45) is 5.11. The van der Waals surface area contributed by atoms with Crippen LogP contribution in [-0.2, 0) is 0 Å². The number of nitrogens with one attached hydrogen (secondary N) is 1. The van der Waals surface area contributed by atoms with Gasteiger partial charge in [0.25, 0.3) is 5.91 Å². The molecule has 2 aromatic heterocycles. The summed E-state index contributed by atoms with van der Waals surface area (Å²) in [5, 5.41) is 6.62. The largest absolute Gasteiger partial charge is 0.356 e. The van der Waals surface area contributed by atoms with E-state index >= 15 is 0 Å². The van der Waals surface area contributed by atoms with Gasteiger partial charge in [0.1, 0.15) is 22.8 Å². The molecule has 2 aromatic rings. The van der Waals surface area contributed by atoms with Gasteiger partial charge in [-0.15, -0.1) is 5.10 Å². The molecule has 8 heteroatoms. The summed E-state index contributed by atoms with van der Waals surface area (Å²) in [7, 11) is 0. The summed E-state index contributed by atoms with van der Waals surface area (Å²) in [5.41, 5.74) is 0.628. The third kappa shape index (κ3) is 3.15. The molecule has 3 rings (SSSR count). The predicted molar refractivity (Wildman–Crippen MR) is 80.7 cm³/mol. The number of amides is 1. The van der Waals surface area contributed by atoms with Gasteiger partial charge in [0, 0.05) is 19.2 Å². The molecule has 0 saturated carbocycles. The van der Waals surface area contributed by atoms with E-state index < -0.39 is 0 Å². The predicted octanol–water partition coefficient (Wildman–Crippen LogP) is 1.88. The van der Waals surface area contributed by atoms with E-state index in [4.69, 9.17) is 0 Å². The highest BCUT2D eigenvalue weighted by atomic mass is 32.1. The molecule has 0 spiro atoms. The van der Waals surface area contributed by atoms with Crippen molar-refractivity contribution < 1.29 is 4.79 Å². The van der Waals surface area contributed by atoms with Gasteiger partial charge in [-0.3, -0.25) is 4.79 Å². The van der Waals surface area contributed by atoms with Gasteiger partial charge in [-0.25, -0.2) is 9.97 Å². The molecule has 21 heavy (non-hydrogen) atoms. The van der Waals surface area contributed by atoms with Gasteiger partial charge in [0.15, 0.2) is 0 Å². The van der Waals surface area contributed by atoms with Crippen LogP contribution in [0.3, 0.4) is 0 Å². The van der Waals surface area contributed by atoms with E-state index in [0.717, 1.165) is 30.4 Å². The fourth-order valence-electron chi connectivity index (χ4n) is 2.32. The third-order valence-electron chi connectivity index (χ3n) is 3.43. The second kappa shape index (κ2) is 6.13. The molecule has 0 unspecified atom stereocenters. The van der Waals surface area contributed by atoms with Crippen LogP contribution in [0.4, 0.5) is 11.6 Å². The van der Waals surface area contributed by atoms with Crippen molar-refractivity contribution in [2.24, 2.45) is 0 Å². The van der Waals surface area contributed by atoms with Gasteiger partial charge >= 0.3 is 0 Å². The Morgan fingerprint density at radius 1 is 1.29 bits per heavy atom. The highest BCUT2D eigenvalue weighted by molar-refractivity contribution is 7.08. The Balaban J connectivity index is 1.74. The summed E-state index contributed by atoms with van der Waals surface area (Å²) < 4.78 is 3.77. The molecule has 0 aromatic carbocycles. The van der Waals surface area contributed by atoms with E-state index in [0.29, 0.717) is 16.4 Å². The first kappa shape index (κ1) is 13.9. The summed E-state index contributed by atoms with van der Waals surface area (Å²) in [6.45, 7) is 3.77. The van der Waals surface area contributed by atoms with E-state index in [-0.39, 0.29) is 5.91 Å². The molecule has 3 heterocycles. The number of hydrogen-bond donors (Lipinski definition) is 1. The van der Waals surface area contributed by atoms with Crippen LogP contribution in [-0.4, -0.2) is 38.6 Å². The van der Waals surface area contributed by atoms with E-state index in [1.54, 1.807) is 6.92 Å². The van der Waals surface area contributed by atoms with Crippen LogP contribution in [0.15, 0.2) is 12.4 Å². The molecule has 0 radical (unpaired) electrons. The van der Waals surface area contributed by atoms with Crippen LogP contribution in [0.5, 0.6) is 0 Å². The Hall–Kier alpha value is -2.09. The molecule has 1 N–H and O–H groups in total. The minimum Gasteiger partial charge on any atom is -0.356 e. The quantitative estimate of drug-likeness (QED) is 0.932. The normalized spacial score (nSPS) is 15.0. The highest BCUT2D eigenvalue weighted by Gasteiger charge is 2.16. The Morgan fingerprint density at radius 2 is 2.10 bits per heavy atom.